The molecule has 1 aromatic carbocycles. The third-order valence-corrected chi connectivity index (χ3v) is 2.82. The highest BCUT2D eigenvalue weighted by molar-refractivity contribution is 5.19. The standard InChI is InChI=1S/C15H24FNO/c1-12(2)18-10-5-4-9-17-13(3)14-7-6-8-15(16)11-14/h6-8,11-13,17H,4-5,9-10H2,1-3H3. The molecule has 0 fully saturated rings. The van der Waals surface area contributed by atoms with Crippen LogP contribution in [-0.4, -0.2) is 19.3 Å². The minimum atomic E-state index is -0.175. The van der Waals surface area contributed by atoms with Crippen LogP contribution in [0.15, 0.2) is 24.3 Å². The molecule has 0 amide bonds. The van der Waals surface area contributed by atoms with E-state index in [-0.39, 0.29) is 11.9 Å². The lowest BCUT2D eigenvalue weighted by atomic mass is 10.1. The Morgan fingerprint density at radius 3 is 2.67 bits per heavy atom. The van der Waals surface area contributed by atoms with Crippen LogP contribution in [0.1, 0.15) is 45.2 Å². The molecule has 102 valence electrons. The van der Waals surface area contributed by atoms with Crippen LogP contribution in [-0.2, 0) is 4.74 Å². The van der Waals surface area contributed by atoms with Crippen molar-refractivity contribution in [3.63, 3.8) is 0 Å². The van der Waals surface area contributed by atoms with Crippen LogP contribution >= 0.6 is 0 Å². The molecule has 0 aliphatic heterocycles. The fourth-order valence-electron chi connectivity index (χ4n) is 1.76. The molecule has 3 heteroatoms. The average molecular weight is 253 g/mol. The van der Waals surface area contributed by atoms with Gasteiger partial charge in [-0.05, 0) is 57.9 Å². The maximum Gasteiger partial charge on any atom is 0.123 e. The monoisotopic (exact) mass is 253 g/mol. The molecule has 0 saturated carbocycles. The highest BCUT2D eigenvalue weighted by atomic mass is 19.1. The molecule has 0 radical (unpaired) electrons. The normalized spacial score (nSPS) is 12.9. The van der Waals surface area contributed by atoms with Gasteiger partial charge in [-0.1, -0.05) is 12.1 Å². The van der Waals surface area contributed by atoms with Crippen LogP contribution in [0.2, 0.25) is 0 Å². The summed E-state index contributed by atoms with van der Waals surface area (Å²) < 4.78 is 18.5. The Morgan fingerprint density at radius 2 is 2.00 bits per heavy atom. The molecule has 1 unspecified atom stereocenters. The van der Waals surface area contributed by atoms with Gasteiger partial charge in [0.25, 0.3) is 0 Å². The first-order valence-electron chi connectivity index (χ1n) is 6.70. The van der Waals surface area contributed by atoms with Crippen LogP contribution < -0.4 is 5.32 Å². The summed E-state index contributed by atoms with van der Waals surface area (Å²) in [6.45, 7) is 7.89. The Bertz CT molecular complexity index is 341. The topological polar surface area (TPSA) is 21.3 Å². The first kappa shape index (κ1) is 15.1. The highest BCUT2D eigenvalue weighted by Gasteiger charge is 2.04. The molecule has 0 saturated heterocycles. The molecule has 1 N–H and O–H groups in total. The van der Waals surface area contributed by atoms with Gasteiger partial charge in [0, 0.05) is 12.6 Å². The van der Waals surface area contributed by atoms with Crippen molar-refractivity contribution in [2.24, 2.45) is 0 Å². The number of rotatable bonds is 8. The SMILES string of the molecule is CC(C)OCCCCNC(C)c1cccc(F)c1. The maximum atomic E-state index is 13.0. The number of hydrogen-bond donors (Lipinski definition) is 1. The molecule has 0 aliphatic rings. The van der Waals surface area contributed by atoms with E-state index >= 15 is 0 Å². The van der Waals surface area contributed by atoms with Gasteiger partial charge in [-0.3, -0.25) is 0 Å². The summed E-state index contributed by atoms with van der Waals surface area (Å²) in [5.74, 6) is -0.175. The lowest BCUT2D eigenvalue weighted by Gasteiger charge is -2.14. The number of unbranched alkanes of at least 4 members (excludes halogenated alkanes) is 1. The van der Waals surface area contributed by atoms with E-state index in [0.717, 1.165) is 31.6 Å². The molecule has 2 nitrogen and oxygen atoms in total. The number of ether oxygens (including phenoxy) is 1. The summed E-state index contributed by atoms with van der Waals surface area (Å²) in [6, 6.07) is 6.94. The van der Waals surface area contributed by atoms with E-state index in [4.69, 9.17) is 4.74 Å². The molecule has 0 bridgehead atoms. The smallest absolute Gasteiger partial charge is 0.123 e. The zero-order valence-corrected chi connectivity index (χ0v) is 11.6. The van der Waals surface area contributed by atoms with E-state index in [0.29, 0.717) is 6.10 Å². The lowest BCUT2D eigenvalue weighted by Crippen LogP contribution is -2.20. The van der Waals surface area contributed by atoms with Gasteiger partial charge in [0.2, 0.25) is 0 Å². The number of halogens is 1. The summed E-state index contributed by atoms with van der Waals surface area (Å²) in [5.41, 5.74) is 0.994. The van der Waals surface area contributed by atoms with Gasteiger partial charge in [0.15, 0.2) is 0 Å². The zero-order chi connectivity index (χ0) is 13.4. The number of nitrogens with one attached hydrogen (secondary N) is 1. The van der Waals surface area contributed by atoms with Crippen molar-refractivity contribution in [2.75, 3.05) is 13.2 Å². The number of benzene rings is 1. The van der Waals surface area contributed by atoms with Crippen molar-refractivity contribution in [3.8, 4) is 0 Å². The molecule has 0 heterocycles. The average Bonchev–Trinajstić information content (AvgIpc) is 2.33. The van der Waals surface area contributed by atoms with Gasteiger partial charge in [0.05, 0.1) is 6.10 Å². The van der Waals surface area contributed by atoms with E-state index in [9.17, 15) is 4.39 Å². The van der Waals surface area contributed by atoms with Crippen molar-refractivity contribution >= 4 is 0 Å². The molecule has 0 spiro atoms. The van der Waals surface area contributed by atoms with Crippen LogP contribution in [0.25, 0.3) is 0 Å². The maximum absolute atomic E-state index is 13.0. The fraction of sp³-hybridized carbons (Fsp3) is 0.600. The Morgan fingerprint density at radius 1 is 1.22 bits per heavy atom. The Balaban J connectivity index is 2.15. The van der Waals surface area contributed by atoms with E-state index in [1.165, 1.54) is 6.07 Å². The van der Waals surface area contributed by atoms with Crippen LogP contribution in [0, 0.1) is 5.82 Å². The van der Waals surface area contributed by atoms with Crippen molar-refractivity contribution in [3.05, 3.63) is 35.6 Å². The van der Waals surface area contributed by atoms with Crippen molar-refractivity contribution in [1.29, 1.82) is 0 Å². The van der Waals surface area contributed by atoms with E-state index in [1.54, 1.807) is 12.1 Å². The summed E-state index contributed by atoms with van der Waals surface area (Å²) in [5, 5.41) is 3.39. The summed E-state index contributed by atoms with van der Waals surface area (Å²) >= 11 is 0. The van der Waals surface area contributed by atoms with E-state index in [1.807, 2.05) is 19.9 Å². The van der Waals surface area contributed by atoms with Crippen molar-refractivity contribution in [2.45, 2.75) is 45.8 Å². The highest BCUT2D eigenvalue weighted by Crippen LogP contribution is 2.13. The molecular weight excluding hydrogens is 229 g/mol. The Kier molecular flexibility index (Phi) is 6.91. The first-order valence-corrected chi connectivity index (χ1v) is 6.70. The third-order valence-electron chi connectivity index (χ3n) is 2.82. The number of hydrogen-bond acceptors (Lipinski definition) is 2. The summed E-state index contributed by atoms with van der Waals surface area (Å²) in [6.07, 6.45) is 2.44. The second kappa shape index (κ2) is 8.22. The molecule has 1 atom stereocenters. The largest absolute Gasteiger partial charge is 0.379 e. The quantitative estimate of drug-likeness (QED) is 0.714. The molecule has 0 aliphatic carbocycles. The van der Waals surface area contributed by atoms with E-state index in [2.05, 4.69) is 12.2 Å². The zero-order valence-electron chi connectivity index (χ0n) is 11.6. The predicted octanol–water partition coefficient (Wildman–Crippen LogP) is 3.68. The first-order chi connectivity index (χ1) is 8.59. The van der Waals surface area contributed by atoms with Crippen molar-refractivity contribution < 1.29 is 9.13 Å². The molecule has 1 rings (SSSR count). The fourth-order valence-corrected chi connectivity index (χ4v) is 1.76. The minimum Gasteiger partial charge on any atom is -0.379 e. The Hall–Kier alpha value is -0.930. The second-order valence-corrected chi connectivity index (χ2v) is 4.86. The minimum absolute atomic E-state index is 0.175. The van der Waals surface area contributed by atoms with E-state index < -0.39 is 0 Å². The predicted molar refractivity (Wildman–Crippen MR) is 73.1 cm³/mol. The molecule has 0 aromatic heterocycles. The van der Waals surface area contributed by atoms with Gasteiger partial charge >= 0.3 is 0 Å². The summed E-state index contributed by atoms with van der Waals surface area (Å²) in [7, 11) is 0. The van der Waals surface area contributed by atoms with Gasteiger partial charge in [-0.2, -0.15) is 0 Å². The molecule has 1 aromatic rings. The van der Waals surface area contributed by atoms with Crippen LogP contribution in [0.3, 0.4) is 0 Å². The third kappa shape index (κ3) is 6.12. The Labute approximate surface area is 110 Å². The van der Waals surface area contributed by atoms with Gasteiger partial charge in [0.1, 0.15) is 5.82 Å². The van der Waals surface area contributed by atoms with Gasteiger partial charge < -0.3 is 10.1 Å². The lowest BCUT2D eigenvalue weighted by molar-refractivity contribution is 0.0759. The summed E-state index contributed by atoms with van der Waals surface area (Å²) in [4.78, 5) is 0. The molecular formula is C15H24FNO. The molecule has 18 heavy (non-hydrogen) atoms. The van der Waals surface area contributed by atoms with Gasteiger partial charge in [-0.15, -0.1) is 0 Å². The van der Waals surface area contributed by atoms with Gasteiger partial charge in [-0.25, -0.2) is 4.39 Å². The second-order valence-electron chi connectivity index (χ2n) is 4.86. The van der Waals surface area contributed by atoms with Crippen LogP contribution in [0.4, 0.5) is 4.39 Å². The van der Waals surface area contributed by atoms with Crippen molar-refractivity contribution in [1.82, 2.24) is 5.32 Å². The van der Waals surface area contributed by atoms with Crippen LogP contribution in [0.5, 0.6) is 0 Å².